The Labute approximate surface area is 134 Å². The summed E-state index contributed by atoms with van der Waals surface area (Å²) in [6.45, 7) is 0. The third kappa shape index (κ3) is 3.27. The van der Waals surface area contributed by atoms with Crippen molar-refractivity contribution in [2.24, 2.45) is 0 Å². The lowest BCUT2D eigenvalue weighted by atomic mass is 10.1. The first-order chi connectivity index (χ1) is 11.1. The van der Waals surface area contributed by atoms with Gasteiger partial charge in [0.2, 0.25) is 0 Å². The van der Waals surface area contributed by atoms with Crippen molar-refractivity contribution < 1.29 is 4.79 Å². The average Bonchev–Trinajstić information content (AvgIpc) is 3.01. The lowest BCUT2D eigenvalue weighted by Crippen LogP contribution is -2.36. The normalized spacial score (nSPS) is 10.7. The van der Waals surface area contributed by atoms with Crippen LogP contribution in [-0.2, 0) is 0 Å². The lowest BCUT2D eigenvalue weighted by Gasteiger charge is -2.11. The summed E-state index contributed by atoms with van der Waals surface area (Å²) in [5, 5.41) is 6.18. The molecule has 116 valence electrons. The molecule has 0 bridgehead atoms. The highest BCUT2D eigenvalue weighted by molar-refractivity contribution is 5.99. The van der Waals surface area contributed by atoms with Crippen molar-refractivity contribution in [3.05, 3.63) is 66.6 Å². The maximum atomic E-state index is 12.5. The average molecular weight is 307 g/mol. The number of hydrogen-bond donors (Lipinski definition) is 1. The fourth-order valence-corrected chi connectivity index (χ4v) is 2.23. The highest BCUT2D eigenvalue weighted by atomic mass is 16.2. The van der Waals surface area contributed by atoms with Gasteiger partial charge in [0.05, 0.1) is 11.3 Å². The van der Waals surface area contributed by atoms with Gasteiger partial charge in [-0.05, 0) is 24.3 Å². The quantitative estimate of drug-likeness (QED) is 0.750. The van der Waals surface area contributed by atoms with E-state index in [0.717, 1.165) is 11.3 Å². The number of nitrogens with one attached hydrogen (secondary N) is 1. The van der Waals surface area contributed by atoms with Crippen molar-refractivity contribution in [2.45, 2.75) is 0 Å². The first-order valence-electron chi connectivity index (χ1n) is 7.19. The van der Waals surface area contributed by atoms with Crippen LogP contribution in [0.25, 0.3) is 16.9 Å². The number of pyridine rings is 1. The molecule has 6 nitrogen and oxygen atoms in total. The maximum absolute atomic E-state index is 12.5. The molecule has 1 amide bonds. The van der Waals surface area contributed by atoms with E-state index in [4.69, 9.17) is 0 Å². The minimum absolute atomic E-state index is 0.212. The van der Waals surface area contributed by atoms with Crippen LogP contribution in [0.5, 0.6) is 0 Å². The van der Waals surface area contributed by atoms with E-state index in [-0.39, 0.29) is 5.91 Å². The summed E-state index contributed by atoms with van der Waals surface area (Å²) < 4.78 is 1.70. The van der Waals surface area contributed by atoms with Crippen LogP contribution >= 0.6 is 0 Å². The topological polar surface area (TPSA) is 63.1 Å². The Hall–Kier alpha value is -2.99. The van der Waals surface area contributed by atoms with E-state index in [2.05, 4.69) is 15.5 Å². The van der Waals surface area contributed by atoms with E-state index in [1.54, 1.807) is 42.4 Å². The standard InChI is InChI=1S/C17H17N5O/c1-21(2)20-17(23)15-12-22(14-8-4-3-5-9-14)19-16(15)13-7-6-10-18-11-13/h3-12H,1-2H3,(H,20,23). The molecule has 1 N–H and O–H groups in total. The van der Waals surface area contributed by atoms with Crippen molar-refractivity contribution in [3.63, 3.8) is 0 Å². The van der Waals surface area contributed by atoms with Crippen LogP contribution in [0.4, 0.5) is 0 Å². The molecule has 0 saturated heterocycles. The lowest BCUT2D eigenvalue weighted by molar-refractivity contribution is 0.0857. The summed E-state index contributed by atoms with van der Waals surface area (Å²) in [7, 11) is 3.53. The summed E-state index contributed by atoms with van der Waals surface area (Å²) in [5.41, 5.74) is 5.54. The number of rotatable bonds is 4. The second kappa shape index (κ2) is 6.41. The zero-order chi connectivity index (χ0) is 16.2. The Bertz CT molecular complexity index is 796. The summed E-state index contributed by atoms with van der Waals surface area (Å²) in [5.74, 6) is -0.212. The predicted molar refractivity (Wildman–Crippen MR) is 87.9 cm³/mol. The van der Waals surface area contributed by atoms with Crippen LogP contribution < -0.4 is 5.43 Å². The van der Waals surface area contributed by atoms with Gasteiger partial charge in [0.1, 0.15) is 5.69 Å². The van der Waals surface area contributed by atoms with Crippen LogP contribution in [-0.4, -0.2) is 39.8 Å². The number of benzene rings is 1. The molecule has 2 heterocycles. The Morgan fingerprint density at radius 1 is 1.13 bits per heavy atom. The van der Waals surface area contributed by atoms with Crippen LogP contribution in [0.3, 0.4) is 0 Å². The minimum Gasteiger partial charge on any atom is -0.285 e. The van der Waals surface area contributed by atoms with Crippen LogP contribution in [0.1, 0.15) is 10.4 Å². The molecule has 6 heteroatoms. The molecule has 0 spiro atoms. The van der Waals surface area contributed by atoms with Crippen molar-refractivity contribution >= 4 is 5.91 Å². The monoisotopic (exact) mass is 307 g/mol. The van der Waals surface area contributed by atoms with E-state index in [1.807, 2.05) is 42.5 Å². The molecular formula is C17H17N5O. The molecule has 0 fully saturated rings. The van der Waals surface area contributed by atoms with Crippen LogP contribution in [0, 0.1) is 0 Å². The molecule has 0 radical (unpaired) electrons. The highest BCUT2D eigenvalue weighted by Gasteiger charge is 2.19. The van der Waals surface area contributed by atoms with Gasteiger partial charge in [0.25, 0.3) is 5.91 Å². The molecule has 0 aliphatic heterocycles. The zero-order valence-electron chi connectivity index (χ0n) is 13.0. The van der Waals surface area contributed by atoms with Gasteiger partial charge in [0.15, 0.2) is 0 Å². The van der Waals surface area contributed by atoms with Gasteiger partial charge in [-0.3, -0.25) is 15.2 Å². The first kappa shape index (κ1) is 14.9. The van der Waals surface area contributed by atoms with Gasteiger partial charge < -0.3 is 0 Å². The summed E-state index contributed by atoms with van der Waals surface area (Å²) in [4.78, 5) is 16.6. The van der Waals surface area contributed by atoms with E-state index >= 15 is 0 Å². The minimum atomic E-state index is -0.212. The molecule has 3 aromatic rings. The second-order valence-electron chi connectivity index (χ2n) is 5.25. The molecule has 2 aromatic heterocycles. The van der Waals surface area contributed by atoms with Crippen molar-refractivity contribution in [2.75, 3.05) is 14.1 Å². The van der Waals surface area contributed by atoms with Gasteiger partial charge in [-0.2, -0.15) is 5.10 Å². The Morgan fingerprint density at radius 2 is 1.91 bits per heavy atom. The van der Waals surface area contributed by atoms with Gasteiger partial charge in [-0.1, -0.05) is 18.2 Å². The molecule has 0 unspecified atom stereocenters. The molecular weight excluding hydrogens is 290 g/mol. The maximum Gasteiger partial charge on any atom is 0.269 e. The summed E-state index contributed by atoms with van der Waals surface area (Å²) >= 11 is 0. The third-order valence-electron chi connectivity index (χ3n) is 3.24. The van der Waals surface area contributed by atoms with E-state index in [9.17, 15) is 4.79 Å². The first-order valence-corrected chi connectivity index (χ1v) is 7.19. The van der Waals surface area contributed by atoms with E-state index < -0.39 is 0 Å². The van der Waals surface area contributed by atoms with Gasteiger partial charge in [-0.15, -0.1) is 0 Å². The van der Waals surface area contributed by atoms with Gasteiger partial charge in [-0.25, -0.2) is 9.69 Å². The second-order valence-corrected chi connectivity index (χ2v) is 5.25. The number of nitrogens with zero attached hydrogens (tertiary/aromatic N) is 4. The number of carbonyl (C=O) groups is 1. The SMILES string of the molecule is CN(C)NC(=O)c1cn(-c2ccccc2)nc1-c1cccnc1. The van der Waals surface area contributed by atoms with Crippen LogP contribution in [0.2, 0.25) is 0 Å². The van der Waals surface area contributed by atoms with Crippen molar-refractivity contribution in [1.82, 2.24) is 25.2 Å². The number of aromatic nitrogens is 3. The number of hydrazine groups is 1. The van der Waals surface area contributed by atoms with E-state index in [1.165, 1.54) is 0 Å². The fraction of sp³-hybridized carbons (Fsp3) is 0.118. The molecule has 0 aliphatic rings. The Balaban J connectivity index is 2.09. The molecule has 3 rings (SSSR count). The Morgan fingerprint density at radius 3 is 2.57 bits per heavy atom. The summed E-state index contributed by atoms with van der Waals surface area (Å²) in [6, 6.07) is 13.4. The fourth-order valence-electron chi connectivity index (χ4n) is 2.23. The molecule has 23 heavy (non-hydrogen) atoms. The molecule has 0 saturated carbocycles. The highest BCUT2D eigenvalue weighted by Crippen LogP contribution is 2.23. The number of amides is 1. The molecule has 0 aliphatic carbocycles. The third-order valence-corrected chi connectivity index (χ3v) is 3.24. The van der Waals surface area contributed by atoms with Gasteiger partial charge >= 0.3 is 0 Å². The van der Waals surface area contributed by atoms with Crippen LogP contribution in [0.15, 0.2) is 61.1 Å². The Kier molecular flexibility index (Phi) is 4.16. The van der Waals surface area contributed by atoms with Crippen molar-refractivity contribution in [3.8, 4) is 16.9 Å². The predicted octanol–water partition coefficient (Wildman–Crippen LogP) is 2.14. The van der Waals surface area contributed by atoms with Gasteiger partial charge in [0, 0.05) is 38.2 Å². The smallest absolute Gasteiger partial charge is 0.269 e. The zero-order valence-corrected chi connectivity index (χ0v) is 13.0. The van der Waals surface area contributed by atoms with E-state index in [0.29, 0.717) is 11.3 Å². The number of hydrogen-bond acceptors (Lipinski definition) is 4. The summed E-state index contributed by atoms with van der Waals surface area (Å²) in [6.07, 6.45) is 5.12. The molecule has 1 aromatic carbocycles. The van der Waals surface area contributed by atoms with Crippen molar-refractivity contribution in [1.29, 1.82) is 0 Å². The number of para-hydroxylation sites is 1. The number of carbonyl (C=O) groups excluding carboxylic acids is 1. The largest absolute Gasteiger partial charge is 0.285 e. The molecule has 0 atom stereocenters.